The maximum absolute atomic E-state index is 12.3. The number of hydrogen-bond acceptors (Lipinski definition) is 3. The molecule has 0 atom stereocenters. The molecule has 136 valence electrons. The van der Waals surface area contributed by atoms with Gasteiger partial charge < -0.3 is 5.32 Å². The molecule has 1 aromatic carbocycles. The summed E-state index contributed by atoms with van der Waals surface area (Å²) in [4.78, 5) is 12.3. The summed E-state index contributed by atoms with van der Waals surface area (Å²) in [6, 6.07) is 5.36. The van der Waals surface area contributed by atoms with Crippen molar-refractivity contribution < 1.29 is 4.79 Å². The van der Waals surface area contributed by atoms with Gasteiger partial charge in [0.2, 0.25) is 5.91 Å². The van der Waals surface area contributed by atoms with Crippen molar-refractivity contribution in [3.8, 4) is 0 Å². The molecule has 0 aliphatic carbocycles. The Morgan fingerprint density at radius 2 is 2.08 bits per heavy atom. The first-order valence-electron chi connectivity index (χ1n) is 7.79. The van der Waals surface area contributed by atoms with Crippen LogP contribution in [0.25, 0.3) is 0 Å². The van der Waals surface area contributed by atoms with Crippen molar-refractivity contribution in [2.45, 2.75) is 26.9 Å². The minimum absolute atomic E-state index is 0.124. The van der Waals surface area contributed by atoms with E-state index >= 15 is 0 Å². The van der Waals surface area contributed by atoms with Crippen LogP contribution in [0.5, 0.6) is 0 Å². The fourth-order valence-electron chi connectivity index (χ4n) is 2.59. The quantitative estimate of drug-likeness (QED) is 0.616. The van der Waals surface area contributed by atoms with E-state index in [1.807, 2.05) is 24.6 Å². The second kappa shape index (κ2) is 7.82. The molecule has 1 amide bonds. The Bertz CT molecular complexity index is 966. The molecular formula is C17H16BrCl2N5O. The van der Waals surface area contributed by atoms with Crippen molar-refractivity contribution in [3.63, 3.8) is 0 Å². The maximum Gasteiger partial charge on any atom is 0.246 e. The first kappa shape index (κ1) is 18.9. The van der Waals surface area contributed by atoms with Crippen LogP contribution in [0, 0.1) is 13.8 Å². The number of nitrogens with one attached hydrogen (secondary N) is 1. The number of hydrogen-bond donors (Lipinski definition) is 1. The highest BCUT2D eigenvalue weighted by Crippen LogP contribution is 2.25. The van der Waals surface area contributed by atoms with Crippen LogP contribution < -0.4 is 5.32 Å². The maximum atomic E-state index is 12.3. The molecule has 0 fully saturated rings. The molecule has 0 spiro atoms. The second-order valence-corrected chi connectivity index (χ2v) is 7.60. The number of carbonyl (C=O) groups excluding carboxylic acids is 1. The molecule has 0 saturated carbocycles. The molecule has 9 heteroatoms. The lowest BCUT2D eigenvalue weighted by molar-refractivity contribution is -0.116. The van der Waals surface area contributed by atoms with Gasteiger partial charge >= 0.3 is 0 Å². The van der Waals surface area contributed by atoms with Gasteiger partial charge in [-0.3, -0.25) is 14.2 Å². The highest BCUT2D eigenvalue weighted by Gasteiger charge is 2.15. The van der Waals surface area contributed by atoms with Gasteiger partial charge in [-0.25, -0.2) is 0 Å². The zero-order valence-electron chi connectivity index (χ0n) is 14.1. The third-order valence-corrected chi connectivity index (χ3v) is 4.88. The smallest absolute Gasteiger partial charge is 0.246 e. The van der Waals surface area contributed by atoms with Crippen LogP contribution >= 0.6 is 39.1 Å². The molecule has 0 radical (unpaired) electrons. The van der Waals surface area contributed by atoms with Crippen molar-refractivity contribution in [1.29, 1.82) is 0 Å². The molecule has 0 unspecified atom stereocenters. The summed E-state index contributed by atoms with van der Waals surface area (Å²) in [6.45, 7) is 4.38. The number of amides is 1. The van der Waals surface area contributed by atoms with Crippen LogP contribution in [0.3, 0.4) is 0 Å². The highest BCUT2D eigenvalue weighted by atomic mass is 79.9. The van der Waals surface area contributed by atoms with Crippen LogP contribution in [0.1, 0.15) is 17.0 Å². The van der Waals surface area contributed by atoms with Gasteiger partial charge in [-0.2, -0.15) is 10.2 Å². The fraction of sp³-hybridized carbons (Fsp3) is 0.235. The van der Waals surface area contributed by atoms with E-state index in [1.54, 1.807) is 29.2 Å². The molecule has 26 heavy (non-hydrogen) atoms. The van der Waals surface area contributed by atoms with Crippen LogP contribution in [-0.4, -0.2) is 25.5 Å². The standard InChI is InChI=1S/C17H16BrCl2N5O/c1-10-17(22-16(26)9-24-8-13(18)6-21-24)11(2)25(23-10)7-12-3-4-14(19)5-15(12)20/h3-6,8H,7,9H2,1-2H3,(H,22,26). The average molecular weight is 457 g/mol. The monoisotopic (exact) mass is 455 g/mol. The summed E-state index contributed by atoms with van der Waals surface area (Å²) in [5.74, 6) is -0.170. The predicted molar refractivity (Wildman–Crippen MR) is 106 cm³/mol. The van der Waals surface area contributed by atoms with Crippen LogP contribution in [0.15, 0.2) is 35.1 Å². The Balaban J connectivity index is 1.76. The Hall–Kier alpha value is -1.83. The van der Waals surface area contributed by atoms with E-state index in [-0.39, 0.29) is 12.5 Å². The minimum atomic E-state index is -0.170. The van der Waals surface area contributed by atoms with Gasteiger partial charge in [0, 0.05) is 16.2 Å². The Morgan fingerprint density at radius 1 is 1.31 bits per heavy atom. The van der Waals surface area contributed by atoms with Gasteiger partial charge in [0.05, 0.1) is 34.3 Å². The van der Waals surface area contributed by atoms with Crippen LogP contribution in [-0.2, 0) is 17.9 Å². The van der Waals surface area contributed by atoms with Gasteiger partial charge in [0.1, 0.15) is 6.54 Å². The SMILES string of the molecule is Cc1nn(Cc2ccc(Cl)cc2Cl)c(C)c1NC(=O)Cn1cc(Br)cn1. The normalized spacial score (nSPS) is 11.0. The number of carbonyl (C=O) groups is 1. The lowest BCUT2D eigenvalue weighted by atomic mass is 10.2. The van der Waals surface area contributed by atoms with E-state index in [0.29, 0.717) is 22.3 Å². The Kier molecular flexibility index (Phi) is 5.70. The van der Waals surface area contributed by atoms with E-state index in [4.69, 9.17) is 23.2 Å². The lowest BCUT2D eigenvalue weighted by Crippen LogP contribution is -2.19. The number of anilines is 1. The van der Waals surface area contributed by atoms with E-state index in [2.05, 4.69) is 31.4 Å². The molecule has 0 aliphatic rings. The first-order valence-corrected chi connectivity index (χ1v) is 9.34. The van der Waals surface area contributed by atoms with Gasteiger partial charge in [-0.05, 0) is 47.5 Å². The fourth-order valence-corrected chi connectivity index (χ4v) is 3.39. The van der Waals surface area contributed by atoms with E-state index < -0.39 is 0 Å². The van der Waals surface area contributed by atoms with E-state index in [1.165, 1.54) is 0 Å². The van der Waals surface area contributed by atoms with Crippen molar-refractivity contribution >= 4 is 50.7 Å². The molecule has 6 nitrogen and oxygen atoms in total. The number of halogens is 3. The summed E-state index contributed by atoms with van der Waals surface area (Å²) in [5, 5.41) is 12.7. The predicted octanol–water partition coefficient (Wildman–Crippen LogP) is 4.45. The second-order valence-electron chi connectivity index (χ2n) is 5.84. The van der Waals surface area contributed by atoms with Gasteiger partial charge in [0.15, 0.2) is 0 Å². The van der Waals surface area contributed by atoms with Crippen molar-refractivity contribution in [2.24, 2.45) is 0 Å². The average Bonchev–Trinajstić information content (AvgIpc) is 3.08. The van der Waals surface area contributed by atoms with E-state index in [9.17, 15) is 4.79 Å². The number of benzene rings is 1. The summed E-state index contributed by atoms with van der Waals surface area (Å²) in [5.41, 5.74) is 3.19. The van der Waals surface area contributed by atoms with Crippen LogP contribution in [0.4, 0.5) is 5.69 Å². The van der Waals surface area contributed by atoms with Gasteiger partial charge in [-0.1, -0.05) is 29.3 Å². The Labute approximate surface area is 169 Å². The molecule has 2 heterocycles. The lowest BCUT2D eigenvalue weighted by Gasteiger charge is -2.09. The third-order valence-electron chi connectivity index (χ3n) is 3.89. The highest BCUT2D eigenvalue weighted by molar-refractivity contribution is 9.10. The molecule has 0 bridgehead atoms. The first-order chi connectivity index (χ1) is 12.3. The van der Waals surface area contributed by atoms with Gasteiger partial charge in [0.25, 0.3) is 0 Å². The number of nitrogens with zero attached hydrogens (tertiary/aromatic N) is 4. The summed E-state index contributed by atoms with van der Waals surface area (Å²) in [6.07, 6.45) is 3.38. The summed E-state index contributed by atoms with van der Waals surface area (Å²) in [7, 11) is 0. The van der Waals surface area contributed by atoms with Crippen molar-refractivity contribution in [3.05, 3.63) is 62.1 Å². The molecule has 1 N–H and O–H groups in total. The number of aryl methyl sites for hydroxylation is 1. The third kappa shape index (κ3) is 4.28. The van der Waals surface area contributed by atoms with Crippen molar-refractivity contribution in [1.82, 2.24) is 19.6 Å². The van der Waals surface area contributed by atoms with Crippen LogP contribution in [0.2, 0.25) is 10.0 Å². The molecule has 2 aromatic heterocycles. The zero-order chi connectivity index (χ0) is 18.8. The molecular weight excluding hydrogens is 441 g/mol. The minimum Gasteiger partial charge on any atom is -0.321 e. The zero-order valence-corrected chi connectivity index (χ0v) is 17.2. The summed E-state index contributed by atoms with van der Waals surface area (Å²) < 4.78 is 4.19. The topological polar surface area (TPSA) is 64.7 Å². The molecule has 0 aliphatic heterocycles. The molecule has 0 saturated heterocycles. The molecule has 3 aromatic rings. The van der Waals surface area contributed by atoms with E-state index in [0.717, 1.165) is 21.4 Å². The number of aromatic nitrogens is 4. The van der Waals surface area contributed by atoms with Gasteiger partial charge in [-0.15, -0.1) is 0 Å². The van der Waals surface area contributed by atoms with Crippen molar-refractivity contribution in [2.75, 3.05) is 5.32 Å². The molecule has 3 rings (SSSR count). The largest absolute Gasteiger partial charge is 0.321 e. The summed E-state index contributed by atoms with van der Waals surface area (Å²) >= 11 is 15.5. The number of rotatable bonds is 5. The Morgan fingerprint density at radius 3 is 2.73 bits per heavy atom.